The van der Waals surface area contributed by atoms with Gasteiger partial charge in [-0.15, -0.1) is 0 Å². The molecule has 358 valence electrons. The van der Waals surface area contributed by atoms with Crippen LogP contribution in [0.3, 0.4) is 0 Å². The molecule has 0 aromatic rings. The van der Waals surface area contributed by atoms with Crippen molar-refractivity contribution >= 4 is 5.97 Å². The van der Waals surface area contributed by atoms with E-state index in [9.17, 15) is 20.1 Å². The first-order valence-electron chi connectivity index (χ1n) is 23.2. The van der Waals surface area contributed by atoms with E-state index in [2.05, 4.69) is 40.7 Å². The summed E-state index contributed by atoms with van der Waals surface area (Å²) in [5, 5.41) is 34.2. The maximum absolute atomic E-state index is 14.4. The SMILES string of the molecule is C.CC[C@H](C)[C@H]1O[C@]2(CC[C@@H]1C)C[C@@H]1C[C@@H](C/C=C(\C)[C@@H](O[C@H]3C[C@H](OC)[C@@H](O[C@H]4C[C@H](OC)[C@@H](O)[C@H](C)O4)[C@H](C)O3)[C@@H](C)/C=C/C=C3\CO[C@@H]4[C@H](O)C(C)=C[C@@H](C(=O)O1)[C@]34O)O2. The van der Waals surface area contributed by atoms with Crippen LogP contribution in [0.15, 0.2) is 47.1 Å². The fraction of sp³-hybridized carbons (Fsp3) is 0.816. The highest BCUT2D eigenvalue weighted by atomic mass is 16.7. The van der Waals surface area contributed by atoms with E-state index in [4.69, 9.17) is 47.4 Å². The van der Waals surface area contributed by atoms with Crippen molar-refractivity contribution in [2.24, 2.45) is 23.7 Å². The van der Waals surface area contributed by atoms with Crippen molar-refractivity contribution in [1.29, 1.82) is 0 Å². The van der Waals surface area contributed by atoms with E-state index in [1.807, 2.05) is 19.1 Å². The zero-order valence-electron chi connectivity index (χ0n) is 38.5. The molecule has 1 spiro atoms. The Balaban J connectivity index is 0.00000661. The second-order valence-electron chi connectivity index (χ2n) is 19.4. The van der Waals surface area contributed by atoms with E-state index in [1.54, 1.807) is 40.2 Å². The minimum absolute atomic E-state index is 0. The summed E-state index contributed by atoms with van der Waals surface area (Å²) >= 11 is 0. The van der Waals surface area contributed by atoms with Crippen molar-refractivity contribution in [3.63, 3.8) is 0 Å². The first kappa shape index (κ1) is 50.4. The summed E-state index contributed by atoms with van der Waals surface area (Å²) < 4.78 is 63.9. The lowest BCUT2D eigenvalue weighted by Crippen LogP contribution is -2.58. The third-order valence-corrected chi connectivity index (χ3v) is 14.9. The monoisotopic (exact) mass is 891 g/mol. The summed E-state index contributed by atoms with van der Waals surface area (Å²) in [6, 6.07) is 0. The van der Waals surface area contributed by atoms with Crippen molar-refractivity contribution in [1.82, 2.24) is 0 Å². The van der Waals surface area contributed by atoms with Crippen LogP contribution in [0.1, 0.15) is 114 Å². The zero-order valence-corrected chi connectivity index (χ0v) is 38.5. The number of methoxy groups -OCH3 is 2. The lowest BCUT2D eigenvalue weighted by Gasteiger charge is -2.51. The molecule has 0 radical (unpaired) electrons. The Hall–Kier alpha value is -2.05. The molecule has 0 aromatic heterocycles. The summed E-state index contributed by atoms with van der Waals surface area (Å²) in [5.41, 5.74) is 0.188. The number of esters is 1. The molecule has 5 fully saturated rings. The molecule has 63 heavy (non-hydrogen) atoms. The summed E-state index contributed by atoms with van der Waals surface area (Å²) in [6.45, 7) is 16.3. The Kier molecular flexibility index (Phi) is 16.7. The van der Waals surface area contributed by atoms with Crippen molar-refractivity contribution < 1.29 is 67.5 Å². The molecule has 6 aliphatic heterocycles. The summed E-state index contributed by atoms with van der Waals surface area (Å²) in [7, 11) is 3.23. The summed E-state index contributed by atoms with van der Waals surface area (Å²) in [5.74, 6) is -2.10. The topological polar surface area (TPSA) is 170 Å². The molecule has 14 heteroatoms. The standard InChI is InChI=1S/C48H74O14.CH4/c1-11-25(2)43-28(5)17-18-47(62-43)23-34-20-33(61-47)16-15-27(4)42(26(3)13-12-14-32-24-55-45-40(49)29(6)19-35(46(51)58-34)48(32,45)52)59-39-22-37(54-10)44(31(8)57-39)60-38-21-36(53-9)41(50)30(7)56-38;/h12-15,19,25-26,28,30-31,33-45,49-50,52H,11,16-18,20-24H2,1-10H3;1H4/b13-12+,27-15+,32-14+;/t25-,26-,28-,30-,31-,33+,34-,35-,36-,37-,38-,39-,40+,41-,42-,43+,44-,45+,47+,48+;/m0./s1. The molecule has 6 heterocycles. The van der Waals surface area contributed by atoms with E-state index >= 15 is 0 Å². The van der Waals surface area contributed by atoms with Gasteiger partial charge in [0.2, 0.25) is 0 Å². The molecule has 0 aromatic carbocycles. The van der Waals surface area contributed by atoms with Gasteiger partial charge in [0, 0.05) is 52.2 Å². The molecule has 2 bridgehead atoms. The molecule has 0 unspecified atom stereocenters. The smallest absolute Gasteiger partial charge is 0.316 e. The van der Waals surface area contributed by atoms with Gasteiger partial charge in [0.1, 0.15) is 42.0 Å². The highest BCUT2D eigenvalue weighted by Gasteiger charge is 2.60. The average Bonchev–Trinajstić information content (AvgIpc) is 3.58. The van der Waals surface area contributed by atoms with E-state index in [0.717, 1.165) is 18.4 Å². The van der Waals surface area contributed by atoms with Crippen LogP contribution < -0.4 is 0 Å². The van der Waals surface area contributed by atoms with Gasteiger partial charge in [-0.3, -0.25) is 4.79 Å². The third-order valence-electron chi connectivity index (χ3n) is 14.9. The van der Waals surface area contributed by atoms with E-state index in [0.29, 0.717) is 61.5 Å². The number of aliphatic hydroxyl groups excluding tert-OH is 2. The Morgan fingerprint density at radius 1 is 0.921 bits per heavy atom. The molecule has 14 nitrogen and oxygen atoms in total. The molecule has 5 saturated heterocycles. The van der Waals surface area contributed by atoms with Crippen LogP contribution in [0.4, 0.5) is 0 Å². The number of hydrogen-bond acceptors (Lipinski definition) is 14. The van der Waals surface area contributed by atoms with Gasteiger partial charge in [-0.1, -0.05) is 71.9 Å². The van der Waals surface area contributed by atoms with Crippen molar-refractivity contribution in [2.75, 3.05) is 20.8 Å². The fourth-order valence-corrected chi connectivity index (χ4v) is 11.0. The van der Waals surface area contributed by atoms with Crippen LogP contribution in [0, 0.1) is 23.7 Å². The van der Waals surface area contributed by atoms with Gasteiger partial charge in [-0.2, -0.15) is 0 Å². The number of rotatable bonds is 8. The average molecular weight is 891 g/mol. The summed E-state index contributed by atoms with van der Waals surface area (Å²) in [4.78, 5) is 14.4. The normalized spacial score (nSPS) is 48.6. The Labute approximate surface area is 375 Å². The summed E-state index contributed by atoms with van der Waals surface area (Å²) in [6.07, 6.45) is 6.53. The number of ether oxygens (including phenoxy) is 10. The number of fused-ring (bicyclic) bond motifs is 2. The Bertz CT molecular complexity index is 1680. The molecular formula is C49H78O14. The van der Waals surface area contributed by atoms with E-state index in [1.165, 1.54) is 0 Å². The van der Waals surface area contributed by atoms with Crippen LogP contribution in [0.5, 0.6) is 0 Å². The van der Waals surface area contributed by atoms with Crippen LogP contribution in [0.25, 0.3) is 0 Å². The van der Waals surface area contributed by atoms with Gasteiger partial charge >= 0.3 is 5.97 Å². The Morgan fingerprint density at radius 2 is 1.62 bits per heavy atom. The predicted molar refractivity (Wildman–Crippen MR) is 234 cm³/mol. The largest absolute Gasteiger partial charge is 0.462 e. The molecule has 1 aliphatic carbocycles. The quantitative estimate of drug-likeness (QED) is 0.185. The van der Waals surface area contributed by atoms with E-state index < -0.39 is 90.8 Å². The van der Waals surface area contributed by atoms with Crippen molar-refractivity contribution in [3.8, 4) is 0 Å². The van der Waals surface area contributed by atoms with Crippen LogP contribution >= 0.6 is 0 Å². The van der Waals surface area contributed by atoms with Gasteiger partial charge in [-0.05, 0) is 69.1 Å². The molecular weight excluding hydrogens is 813 g/mol. The maximum Gasteiger partial charge on any atom is 0.316 e. The highest BCUT2D eigenvalue weighted by Crippen LogP contribution is 2.48. The molecule has 7 rings (SSSR count). The lowest BCUT2D eigenvalue weighted by atomic mass is 9.71. The number of allylic oxidation sites excluding steroid dienone is 2. The second kappa shape index (κ2) is 20.9. The molecule has 0 saturated carbocycles. The van der Waals surface area contributed by atoms with Crippen molar-refractivity contribution in [3.05, 3.63) is 47.1 Å². The highest BCUT2D eigenvalue weighted by molar-refractivity contribution is 5.78. The minimum Gasteiger partial charge on any atom is -0.462 e. The zero-order chi connectivity index (χ0) is 44.7. The molecule has 3 N–H and O–H groups in total. The van der Waals surface area contributed by atoms with Crippen molar-refractivity contribution in [2.45, 2.75) is 211 Å². The molecule has 0 amide bonds. The molecule has 20 atom stereocenters. The number of carbonyl (C=O) groups is 1. The Morgan fingerprint density at radius 3 is 2.33 bits per heavy atom. The predicted octanol–water partition coefficient (Wildman–Crippen LogP) is 6.24. The second-order valence-corrected chi connectivity index (χ2v) is 19.4. The minimum atomic E-state index is -1.82. The van der Waals surface area contributed by atoms with Gasteiger partial charge in [0.15, 0.2) is 18.4 Å². The number of aliphatic hydroxyl groups is 3. The lowest BCUT2D eigenvalue weighted by molar-refractivity contribution is -0.340. The maximum atomic E-state index is 14.4. The van der Waals surface area contributed by atoms with Gasteiger partial charge in [0.25, 0.3) is 0 Å². The van der Waals surface area contributed by atoms with Crippen LogP contribution in [-0.4, -0.2) is 139 Å². The number of hydrogen-bond donors (Lipinski definition) is 3. The van der Waals surface area contributed by atoms with Crippen LogP contribution in [0.2, 0.25) is 0 Å². The number of carbonyl (C=O) groups excluding carboxylic acids is 1. The van der Waals surface area contributed by atoms with Gasteiger partial charge in [-0.25, -0.2) is 0 Å². The third kappa shape index (κ3) is 10.4. The first-order valence-corrected chi connectivity index (χ1v) is 23.2. The van der Waals surface area contributed by atoms with Gasteiger partial charge < -0.3 is 62.7 Å². The fourth-order valence-electron chi connectivity index (χ4n) is 11.0. The first-order chi connectivity index (χ1) is 29.5. The van der Waals surface area contributed by atoms with E-state index in [-0.39, 0.29) is 38.3 Å². The molecule has 7 aliphatic rings. The van der Waals surface area contributed by atoms with Crippen LogP contribution in [-0.2, 0) is 52.2 Å². The van der Waals surface area contributed by atoms with Gasteiger partial charge in [0.05, 0.1) is 49.3 Å².